The molecular formula is C21H24ClN5OS. The van der Waals surface area contributed by atoms with Crippen molar-refractivity contribution in [1.82, 2.24) is 15.2 Å². The summed E-state index contributed by atoms with van der Waals surface area (Å²) in [6.45, 7) is 2.30. The second-order valence-electron chi connectivity index (χ2n) is 7.12. The summed E-state index contributed by atoms with van der Waals surface area (Å²) in [4.78, 5) is 21.5. The van der Waals surface area contributed by atoms with Crippen LogP contribution in [0.5, 0.6) is 0 Å². The minimum Gasteiger partial charge on any atom is -0.348 e. The Labute approximate surface area is 181 Å². The molecule has 8 heteroatoms. The van der Waals surface area contributed by atoms with Gasteiger partial charge in [-0.05, 0) is 24.1 Å². The van der Waals surface area contributed by atoms with E-state index in [0.717, 1.165) is 37.0 Å². The third-order valence-electron chi connectivity index (χ3n) is 5.28. The van der Waals surface area contributed by atoms with Crippen LogP contribution in [-0.4, -0.2) is 52.6 Å². The Balaban J connectivity index is 0.00000240. The molecule has 1 aromatic heterocycles. The molecule has 3 heterocycles. The van der Waals surface area contributed by atoms with Gasteiger partial charge >= 0.3 is 0 Å². The molecule has 2 fully saturated rings. The fourth-order valence-corrected chi connectivity index (χ4v) is 4.71. The lowest BCUT2D eigenvalue weighted by Crippen LogP contribution is -2.42. The van der Waals surface area contributed by atoms with E-state index in [0.29, 0.717) is 12.1 Å². The van der Waals surface area contributed by atoms with Crippen LogP contribution < -0.4 is 10.2 Å². The molecular weight excluding hydrogens is 406 g/mol. The monoisotopic (exact) mass is 429 g/mol. The molecule has 2 aliphatic rings. The number of pyridine rings is 1. The predicted octanol–water partition coefficient (Wildman–Crippen LogP) is 2.65. The maximum absolute atomic E-state index is 12.8. The zero-order valence-electron chi connectivity index (χ0n) is 16.0. The van der Waals surface area contributed by atoms with Crippen molar-refractivity contribution < 1.29 is 4.79 Å². The van der Waals surface area contributed by atoms with E-state index in [9.17, 15) is 4.79 Å². The van der Waals surface area contributed by atoms with Gasteiger partial charge in [0.15, 0.2) is 0 Å². The average Bonchev–Trinajstić information content (AvgIpc) is 3.45. The van der Waals surface area contributed by atoms with E-state index < -0.39 is 0 Å². The number of hydrogen-bond acceptors (Lipinski definition) is 6. The first kappa shape index (κ1) is 21.4. The van der Waals surface area contributed by atoms with Crippen LogP contribution in [0.2, 0.25) is 0 Å². The van der Waals surface area contributed by atoms with Crippen molar-refractivity contribution in [3.05, 3.63) is 59.8 Å². The molecule has 2 aliphatic heterocycles. The van der Waals surface area contributed by atoms with Gasteiger partial charge in [0.05, 0.1) is 17.5 Å². The van der Waals surface area contributed by atoms with E-state index in [2.05, 4.69) is 33.4 Å². The normalized spacial score (nSPS) is 20.7. The SMILES string of the molecule is Cl.N#Cc1ccc(N(Cc2ccccc2)[C@@H]2CN[C@H](C(=O)N3CCSC3)C2)nc1. The van der Waals surface area contributed by atoms with E-state index in [4.69, 9.17) is 5.26 Å². The van der Waals surface area contributed by atoms with Crippen LogP contribution in [0.25, 0.3) is 0 Å². The van der Waals surface area contributed by atoms with Crippen molar-refractivity contribution in [1.29, 1.82) is 5.26 Å². The molecule has 1 aromatic carbocycles. The average molecular weight is 430 g/mol. The zero-order chi connectivity index (χ0) is 19.3. The number of anilines is 1. The topological polar surface area (TPSA) is 72.3 Å². The molecule has 0 saturated carbocycles. The Bertz CT molecular complexity index is 852. The van der Waals surface area contributed by atoms with E-state index in [1.807, 2.05) is 40.9 Å². The Hall–Kier alpha value is -2.27. The highest BCUT2D eigenvalue weighted by molar-refractivity contribution is 7.99. The van der Waals surface area contributed by atoms with Gasteiger partial charge in [0.2, 0.25) is 5.91 Å². The molecule has 0 spiro atoms. The highest BCUT2D eigenvalue weighted by Crippen LogP contribution is 2.25. The van der Waals surface area contributed by atoms with Crippen molar-refractivity contribution in [2.24, 2.45) is 0 Å². The number of nitriles is 1. The highest BCUT2D eigenvalue weighted by atomic mass is 35.5. The number of amides is 1. The van der Waals surface area contributed by atoms with Gasteiger partial charge in [-0.25, -0.2) is 4.98 Å². The van der Waals surface area contributed by atoms with Crippen molar-refractivity contribution in [3.63, 3.8) is 0 Å². The number of thioether (sulfide) groups is 1. The summed E-state index contributed by atoms with van der Waals surface area (Å²) in [5.74, 6) is 2.86. The number of aromatic nitrogens is 1. The lowest BCUT2D eigenvalue weighted by atomic mass is 10.1. The number of hydrogen-bond donors (Lipinski definition) is 1. The van der Waals surface area contributed by atoms with Crippen LogP contribution in [0.15, 0.2) is 48.7 Å². The molecule has 2 atom stereocenters. The molecule has 2 aromatic rings. The van der Waals surface area contributed by atoms with Crippen molar-refractivity contribution in [2.75, 3.05) is 29.6 Å². The van der Waals surface area contributed by atoms with Crippen molar-refractivity contribution in [2.45, 2.75) is 25.0 Å². The maximum atomic E-state index is 12.8. The molecule has 0 aliphatic carbocycles. The first-order valence-corrected chi connectivity index (χ1v) is 10.7. The molecule has 1 N–H and O–H groups in total. The van der Waals surface area contributed by atoms with Crippen LogP contribution >= 0.6 is 24.2 Å². The zero-order valence-corrected chi connectivity index (χ0v) is 17.7. The number of nitrogens with zero attached hydrogens (tertiary/aromatic N) is 4. The Morgan fingerprint density at radius 3 is 2.79 bits per heavy atom. The standard InChI is InChI=1S/C21H23N5OS.ClH/c22-11-17-6-7-20(24-12-17)26(14-16-4-2-1-3-5-16)18-10-19(23-13-18)21(27)25-8-9-28-15-25;/h1-7,12,18-19,23H,8-10,13-15H2;1H/t18-,19-;/m0./s1. The second-order valence-corrected chi connectivity index (χ2v) is 8.19. The summed E-state index contributed by atoms with van der Waals surface area (Å²) in [5, 5.41) is 12.5. The molecule has 0 unspecified atom stereocenters. The molecule has 0 bridgehead atoms. The van der Waals surface area contributed by atoms with E-state index in [-0.39, 0.29) is 30.4 Å². The molecule has 29 heavy (non-hydrogen) atoms. The number of carbonyl (C=O) groups is 1. The Morgan fingerprint density at radius 1 is 1.31 bits per heavy atom. The third kappa shape index (κ3) is 5.02. The summed E-state index contributed by atoms with van der Waals surface area (Å²) in [7, 11) is 0. The second kappa shape index (κ2) is 9.97. The number of nitrogens with one attached hydrogen (secondary N) is 1. The lowest BCUT2D eigenvalue weighted by molar-refractivity contribution is -0.131. The third-order valence-corrected chi connectivity index (χ3v) is 6.24. The fourth-order valence-electron chi connectivity index (χ4n) is 3.75. The van der Waals surface area contributed by atoms with Gasteiger partial charge in [0.25, 0.3) is 0 Å². The molecule has 1 amide bonds. The van der Waals surface area contributed by atoms with Gasteiger partial charge in [-0.3, -0.25) is 4.79 Å². The summed E-state index contributed by atoms with van der Waals surface area (Å²) in [6.07, 6.45) is 2.37. The van der Waals surface area contributed by atoms with Crippen LogP contribution in [0.4, 0.5) is 5.82 Å². The van der Waals surface area contributed by atoms with Crippen LogP contribution in [0, 0.1) is 11.3 Å². The smallest absolute Gasteiger partial charge is 0.240 e. The summed E-state index contributed by atoms with van der Waals surface area (Å²) < 4.78 is 0. The first-order valence-electron chi connectivity index (χ1n) is 9.51. The molecule has 6 nitrogen and oxygen atoms in total. The largest absolute Gasteiger partial charge is 0.348 e. The highest BCUT2D eigenvalue weighted by Gasteiger charge is 2.36. The minimum absolute atomic E-state index is 0. The Morgan fingerprint density at radius 2 is 2.14 bits per heavy atom. The summed E-state index contributed by atoms with van der Waals surface area (Å²) in [6, 6.07) is 16.1. The van der Waals surface area contributed by atoms with Gasteiger partial charge in [-0.1, -0.05) is 30.3 Å². The molecule has 4 rings (SSSR count). The van der Waals surface area contributed by atoms with E-state index in [1.54, 1.807) is 12.3 Å². The lowest BCUT2D eigenvalue weighted by Gasteiger charge is -2.30. The Kier molecular flexibility index (Phi) is 7.37. The quantitative estimate of drug-likeness (QED) is 0.787. The fraction of sp³-hybridized carbons (Fsp3) is 0.381. The van der Waals surface area contributed by atoms with Gasteiger partial charge in [0.1, 0.15) is 11.9 Å². The maximum Gasteiger partial charge on any atom is 0.240 e. The summed E-state index contributed by atoms with van der Waals surface area (Å²) in [5.41, 5.74) is 1.74. The van der Waals surface area contributed by atoms with Crippen LogP contribution in [0.3, 0.4) is 0 Å². The molecule has 0 radical (unpaired) electrons. The molecule has 152 valence electrons. The van der Waals surface area contributed by atoms with E-state index in [1.165, 1.54) is 5.56 Å². The van der Waals surface area contributed by atoms with Gasteiger partial charge in [-0.2, -0.15) is 5.26 Å². The van der Waals surface area contributed by atoms with E-state index >= 15 is 0 Å². The predicted molar refractivity (Wildman–Crippen MR) is 118 cm³/mol. The van der Waals surface area contributed by atoms with Crippen molar-refractivity contribution >= 4 is 35.9 Å². The first-order chi connectivity index (χ1) is 13.7. The van der Waals surface area contributed by atoms with Crippen LogP contribution in [-0.2, 0) is 11.3 Å². The van der Waals surface area contributed by atoms with Crippen LogP contribution in [0.1, 0.15) is 17.5 Å². The number of carbonyl (C=O) groups excluding carboxylic acids is 1. The summed E-state index contributed by atoms with van der Waals surface area (Å²) >= 11 is 1.81. The number of rotatable bonds is 5. The number of benzene rings is 1. The van der Waals surface area contributed by atoms with Gasteiger partial charge in [-0.15, -0.1) is 24.2 Å². The van der Waals surface area contributed by atoms with Gasteiger partial charge < -0.3 is 15.1 Å². The minimum atomic E-state index is -0.139. The van der Waals surface area contributed by atoms with Gasteiger partial charge in [0, 0.05) is 37.6 Å². The van der Waals surface area contributed by atoms with Crippen molar-refractivity contribution in [3.8, 4) is 6.07 Å². The number of halogens is 1. The molecule has 2 saturated heterocycles.